The van der Waals surface area contributed by atoms with E-state index in [2.05, 4.69) is 25.3 Å². The van der Waals surface area contributed by atoms with E-state index >= 15 is 0 Å². The standard InChI is InChI=1S/C11H15N7O3/c1-5(19)6(12)10(20)17-11(21)18(2)9-7-8(14-3-13-7)15-4-16-9/h3-6,19H,12H2,1-2H3,(H,17,20,21)(H,13,14,15,16). The number of aromatic nitrogens is 4. The number of imidazole rings is 1. The molecule has 0 bridgehead atoms. The topological polar surface area (TPSA) is 150 Å². The summed E-state index contributed by atoms with van der Waals surface area (Å²) in [6.07, 6.45) is 1.62. The minimum atomic E-state index is -1.20. The number of amides is 3. The molecule has 0 aromatic carbocycles. The number of rotatable bonds is 3. The molecule has 2 aromatic heterocycles. The smallest absolute Gasteiger partial charge is 0.329 e. The largest absolute Gasteiger partial charge is 0.391 e. The van der Waals surface area contributed by atoms with Crippen molar-refractivity contribution in [3.8, 4) is 0 Å². The highest BCUT2D eigenvalue weighted by atomic mass is 16.3. The molecule has 2 rings (SSSR count). The molecule has 0 aliphatic heterocycles. The Balaban J connectivity index is 2.16. The maximum absolute atomic E-state index is 12.0. The van der Waals surface area contributed by atoms with Crippen LogP contribution in [0.3, 0.4) is 0 Å². The van der Waals surface area contributed by atoms with Crippen LogP contribution in [0, 0.1) is 0 Å². The zero-order valence-corrected chi connectivity index (χ0v) is 11.4. The summed E-state index contributed by atoms with van der Waals surface area (Å²) in [5.41, 5.74) is 6.30. The Bertz CT molecular complexity index is 669. The van der Waals surface area contributed by atoms with Crippen molar-refractivity contribution < 1.29 is 14.7 Å². The third-order valence-corrected chi connectivity index (χ3v) is 2.87. The van der Waals surface area contributed by atoms with Gasteiger partial charge in [-0.2, -0.15) is 0 Å². The van der Waals surface area contributed by atoms with Gasteiger partial charge in [0.05, 0.1) is 12.4 Å². The van der Waals surface area contributed by atoms with Crippen LogP contribution in [-0.2, 0) is 4.79 Å². The minimum absolute atomic E-state index is 0.233. The van der Waals surface area contributed by atoms with E-state index in [1.807, 2.05) is 0 Å². The molecule has 112 valence electrons. The molecule has 0 aliphatic carbocycles. The van der Waals surface area contributed by atoms with Gasteiger partial charge in [0, 0.05) is 7.05 Å². The van der Waals surface area contributed by atoms with Gasteiger partial charge < -0.3 is 15.8 Å². The lowest BCUT2D eigenvalue weighted by Crippen LogP contribution is -2.52. The van der Waals surface area contributed by atoms with Gasteiger partial charge in [0.1, 0.15) is 12.4 Å². The van der Waals surface area contributed by atoms with Gasteiger partial charge in [-0.25, -0.2) is 19.7 Å². The van der Waals surface area contributed by atoms with Gasteiger partial charge in [-0.15, -0.1) is 0 Å². The number of urea groups is 1. The van der Waals surface area contributed by atoms with Crippen LogP contribution < -0.4 is 16.0 Å². The predicted molar refractivity (Wildman–Crippen MR) is 73.3 cm³/mol. The van der Waals surface area contributed by atoms with Crippen LogP contribution in [0.4, 0.5) is 10.6 Å². The van der Waals surface area contributed by atoms with Crippen molar-refractivity contribution in [1.29, 1.82) is 0 Å². The highest BCUT2D eigenvalue weighted by Gasteiger charge is 2.24. The maximum atomic E-state index is 12.0. The molecule has 0 saturated heterocycles. The number of fused-ring (bicyclic) bond motifs is 1. The molecule has 0 spiro atoms. The van der Waals surface area contributed by atoms with Crippen LogP contribution in [0.1, 0.15) is 6.92 Å². The van der Waals surface area contributed by atoms with E-state index in [9.17, 15) is 14.7 Å². The average Bonchev–Trinajstić information content (AvgIpc) is 2.93. The quantitative estimate of drug-likeness (QED) is 0.551. The average molecular weight is 293 g/mol. The summed E-state index contributed by atoms with van der Waals surface area (Å²) in [7, 11) is 1.42. The van der Waals surface area contributed by atoms with E-state index in [-0.39, 0.29) is 5.82 Å². The minimum Gasteiger partial charge on any atom is -0.391 e. The second-order valence-electron chi connectivity index (χ2n) is 4.42. The summed E-state index contributed by atoms with van der Waals surface area (Å²) in [5.74, 6) is -0.550. The second-order valence-corrected chi connectivity index (χ2v) is 4.42. The monoisotopic (exact) mass is 293 g/mol. The normalized spacial score (nSPS) is 13.7. The highest BCUT2D eigenvalue weighted by Crippen LogP contribution is 2.18. The SMILES string of the molecule is CC(O)C(N)C(=O)NC(=O)N(C)c1ncnc2[nH]cnc12. The molecule has 2 heterocycles. The van der Waals surface area contributed by atoms with E-state index < -0.39 is 24.1 Å². The Morgan fingerprint density at radius 2 is 2.14 bits per heavy atom. The number of aliphatic hydroxyl groups is 1. The molecule has 2 unspecified atom stereocenters. The first-order valence-electron chi connectivity index (χ1n) is 6.08. The van der Waals surface area contributed by atoms with Crippen molar-refractivity contribution in [2.45, 2.75) is 19.1 Å². The molecule has 10 heteroatoms. The number of H-pyrrole nitrogens is 1. The Labute approximate surface area is 119 Å². The Morgan fingerprint density at radius 3 is 2.81 bits per heavy atom. The van der Waals surface area contributed by atoms with Gasteiger partial charge in [-0.05, 0) is 6.92 Å². The van der Waals surface area contributed by atoms with Crippen LogP contribution in [0.5, 0.6) is 0 Å². The van der Waals surface area contributed by atoms with Gasteiger partial charge in [-0.1, -0.05) is 0 Å². The first-order chi connectivity index (χ1) is 9.91. The van der Waals surface area contributed by atoms with Gasteiger partial charge in [0.25, 0.3) is 0 Å². The molecule has 21 heavy (non-hydrogen) atoms. The summed E-state index contributed by atoms with van der Waals surface area (Å²) in [6.45, 7) is 1.36. The zero-order chi connectivity index (χ0) is 15.6. The molecular weight excluding hydrogens is 278 g/mol. The molecule has 3 amide bonds. The van der Waals surface area contributed by atoms with E-state index in [0.29, 0.717) is 11.2 Å². The van der Waals surface area contributed by atoms with Crippen LogP contribution in [-0.4, -0.2) is 56.2 Å². The fourth-order valence-electron chi connectivity index (χ4n) is 1.59. The number of aliphatic hydroxyl groups excluding tert-OH is 1. The highest BCUT2D eigenvalue weighted by molar-refractivity contribution is 6.06. The van der Waals surface area contributed by atoms with Gasteiger partial charge >= 0.3 is 6.03 Å². The summed E-state index contributed by atoms with van der Waals surface area (Å²) in [6, 6.07) is -1.93. The van der Waals surface area contributed by atoms with Crippen LogP contribution in [0.25, 0.3) is 11.2 Å². The first-order valence-corrected chi connectivity index (χ1v) is 6.08. The first kappa shape index (κ1) is 14.8. The molecule has 0 radical (unpaired) electrons. The third-order valence-electron chi connectivity index (χ3n) is 2.87. The van der Waals surface area contributed by atoms with Crippen molar-refractivity contribution in [1.82, 2.24) is 25.3 Å². The summed E-state index contributed by atoms with van der Waals surface area (Å²) in [5, 5.41) is 11.3. The number of nitrogens with zero attached hydrogens (tertiary/aromatic N) is 4. The van der Waals surface area contributed by atoms with Crippen molar-refractivity contribution >= 4 is 28.9 Å². The van der Waals surface area contributed by atoms with Gasteiger partial charge in [0.2, 0.25) is 5.91 Å². The maximum Gasteiger partial charge on any atom is 0.329 e. The second kappa shape index (κ2) is 5.81. The van der Waals surface area contributed by atoms with Gasteiger partial charge in [0.15, 0.2) is 17.0 Å². The molecule has 5 N–H and O–H groups in total. The Hall–Kier alpha value is -2.59. The van der Waals surface area contributed by atoms with Crippen molar-refractivity contribution in [3.05, 3.63) is 12.7 Å². The van der Waals surface area contributed by atoms with E-state index in [0.717, 1.165) is 4.90 Å². The summed E-state index contributed by atoms with van der Waals surface area (Å²) in [4.78, 5) is 39.5. The fraction of sp³-hybridized carbons (Fsp3) is 0.364. The molecular formula is C11H15N7O3. The lowest BCUT2D eigenvalue weighted by Gasteiger charge is -2.19. The van der Waals surface area contributed by atoms with E-state index in [1.165, 1.54) is 26.6 Å². The number of carbonyl (C=O) groups is 2. The van der Waals surface area contributed by atoms with Crippen LogP contribution >= 0.6 is 0 Å². The molecule has 0 saturated carbocycles. The van der Waals surface area contributed by atoms with Crippen LogP contribution in [0.2, 0.25) is 0 Å². The van der Waals surface area contributed by atoms with Crippen molar-refractivity contribution in [3.63, 3.8) is 0 Å². The summed E-state index contributed by atoms with van der Waals surface area (Å²) >= 11 is 0. The molecule has 2 aromatic rings. The lowest BCUT2D eigenvalue weighted by molar-refractivity contribution is -0.123. The number of carbonyl (C=O) groups excluding carboxylic acids is 2. The number of anilines is 1. The Morgan fingerprint density at radius 1 is 1.43 bits per heavy atom. The summed E-state index contributed by atoms with van der Waals surface area (Å²) < 4.78 is 0. The van der Waals surface area contributed by atoms with Crippen molar-refractivity contribution in [2.75, 3.05) is 11.9 Å². The number of hydrogen-bond donors (Lipinski definition) is 4. The van der Waals surface area contributed by atoms with Crippen LogP contribution in [0.15, 0.2) is 12.7 Å². The molecule has 0 aliphatic rings. The molecule has 0 fully saturated rings. The number of imide groups is 1. The lowest BCUT2D eigenvalue weighted by atomic mass is 10.2. The fourth-order valence-corrected chi connectivity index (χ4v) is 1.59. The van der Waals surface area contributed by atoms with Gasteiger partial charge in [-0.3, -0.25) is 15.0 Å². The number of nitrogens with two attached hydrogens (primary N) is 1. The zero-order valence-electron chi connectivity index (χ0n) is 11.4. The number of aromatic amines is 1. The predicted octanol–water partition coefficient (Wildman–Crippen LogP) is -1.27. The van der Waals surface area contributed by atoms with E-state index in [1.54, 1.807) is 0 Å². The van der Waals surface area contributed by atoms with E-state index in [4.69, 9.17) is 5.73 Å². The number of nitrogens with one attached hydrogen (secondary N) is 2. The third kappa shape index (κ3) is 2.95. The number of hydrogen-bond acceptors (Lipinski definition) is 7. The molecule has 2 atom stereocenters. The Kier molecular flexibility index (Phi) is 4.10. The molecule has 10 nitrogen and oxygen atoms in total. The van der Waals surface area contributed by atoms with Crippen molar-refractivity contribution in [2.24, 2.45) is 5.73 Å².